The van der Waals surface area contributed by atoms with Gasteiger partial charge in [-0.3, -0.25) is 0 Å². The van der Waals surface area contributed by atoms with Gasteiger partial charge in [0.05, 0.1) is 11.7 Å². The first-order valence-corrected chi connectivity index (χ1v) is 7.02. The van der Waals surface area contributed by atoms with Crippen molar-refractivity contribution >= 4 is 0 Å². The van der Waals surface area contributed by atoms with Crippen molar-refractivity contribution in [2.24, 2.45) is 5.73 Å². The molecule has 1 aliphatic heterocycles. The van der Waals surface area contributed by atoms with Crippen LogP contribution in [0.25, 0.3) is 0 Å². The number of nitrogens with two attached hydrogens (primary N) is 1. The van der Waals surface area contributed by atoms with Crippen molar-refractivity contribution in [2.75, 3.05) is 6.61 Å². The second kappa shape index (κ2) is 6.59. The maximum absolute atomic E-state index is 12.9. The summed E-state index contributed by atoms with van der Waals surface area (Å²) in [5.41, 5.74) is 5.50. The number of halogens is 3. The Hall–Kier alpha value is -1.07. The largest absolute Gasteiger partial charge is 0.416 e. The Morgan fingerprint density at radius 2 is 2.05 bits per heavy atom. The van der Waals surface area contributed by atoms with Crippen molar-refractivity contribution in [1.82, 2.24) is 0 Å². The smallest absolute Gasteiger partial charge is 0.378 e. The third kappa shape index (κ3) is 3.96. The molecule has 2 unspecified atom stereocenters. The highest BCUT2D eigenvalue weighted by Gasteiger charge is 2.34. The standard InChI is InChI=1S/C15H20F3NO/c16-15(17,18)13-8-2-1-7-12(13)14(19)9-3-5-11-6-4-10-20-11/h1-2,7-8,11,14H,3-6,9-10,19H2. The molecule has 0 amide bonds. The van der Waals surface area contributed by atoms with Gasteiger partial charge in [-0.2, -0.15) is 13.2 Å². The maximum atomic E-state index is 12.9. The Balaban J connectivity index is 1.93. The van der Waals surface area contributed by atoms with E-state index in [2.05, 4.69) is 0 Å². The maximum Gasteiger partial charge on any atom is 0.416 e. The summed E-state index contributed by atoms with van der Waals surface area (Å²) in [6, 6.07) is 4.99. The minimum atomic E-state index is -4.34. The molecule has 5 heteroatoms. The van der Waals surface area contributed by atoms with Crippen LogP contribution in [0.4, 0.5) is 13.2 Å². The van der Waals surface area contributed by atoms with Crippen molar-refractivity contribution in [1.29, 1.82) is 0 Å². The SMILES string of the molecule is NC(CCCC1CCCO1)c1ccccc1C(F)(F)F. The normalized spacial score (nSPS) is 21.1. The van der Waals surface area contributed by atoms with Gasteiger partial charge in [-0.05, 0) is 43.7 Å². The lowest BCUT2D eigenvalue weighted by atomic mass is 9.95. The van der Waals surface area contributed by atoms with Crippen LogP contribution in [-0.2, 0) is 10.9 Å². The number of hydrogen-bond acceptors (Lipinski definition) is 2. The second-order valence-corrected chi connectivity index (χ2v) is 5.26. The van der Waals surface area contributed by atoms with E-state index < -0.39 is 17.8 Å². The first-order valence-electron chi connectivity index (χ1n) is 7.02. The van der Waals surface area contributed by atoms with Crippen LogP contribution >= 0.6 is 0 Å². The van der Waals surface area contributed by atoms with Gasteiger partial charge in [0.1, 0.15) is 0 Å². The lowest BCUT2D eigenvalue weighted by molar-refractivity contribution is -0.138. The molecule has 0 aromatic heterocycles. The number of alkyl halides is 3. The fraction of sp³-hybridized carbons (Fsp3) is 0.600. The zero-order chi connectivity index (χ0) is 14.6. The summed E-state index contributed by atoms with van der Waals surface area (Å²) in [6.07, 6.45) is 0.262. The molecule has 1 saturated heterocycles. The number of ether oxygens (including phenoxy) is 1. The second-order valence-electron chi connectivity index (χ2n) is 5.26. The summed E-state index contributed by atoms with van der Waals surface area (Å²) >= 11 is 0. The van der Waals surface area contributed by atoms with Crippen LogP contribution < -0.4 is 5.73 Å². The molecule has 2 N–H and O–H groups in total. The van der Waals surface area contributed by atoms with Gasteiger partial charge in [0.2, 0.25) is 0 Å². The van der Waals surface area contributed by atoms with Gasteiger partial charge in [-0.15, -0.1) is 0 Å². The summed E-state index contributed by atoms with van der Waals surface area (Å²) < 4.78 is 44.2. The molecular formula is C15H20F3NO. The quantitative estimate of drug-likeness (QED) is 0.886. The van der Waals surface area contributed by atoms with Gasteiger partial charge in [0.25, 0.3) is 0 Å². The van der Waals surface area contributed by atoms with E-state index in [1.807, 2.05) is 0 Å². The molecule has 1 aliphatic rings. The first kappa shape index (κ1) is 15.3. The van der Waals surface area contributed by atoms with Gasteiger partial charge >= 0.3 is 6.18 Å². The molecule has 0 aliphatic carbocycles. The Morgan fingerprint density at radius 3 is 2.70 bits per heavy atom. The van der Waals surface area contributed by atoms with Crippen LogP contribution in [0.1, 0.15) is 49.3 Å². The van der Waals surface area contributed by atoms with Gasteiger partial charge in [-0.25, -0.2) is 0 Å². The number of hydrogen-bond donors (Lipinski definition) is 1. The molecule has 2 atom stereocenters. The molecule has 2 nitrogen and oxygen atoms in total. The minimum Gasteiger partial charge on any atom is -0.378 e. The molecule has 1 aromatic rings. The van der Waals surface area contributed by atoms with Crippen LogP contribution in [-0.4, -0.2) is 12.7 Å². The van der Waals surface area contributed by atoms with Crippen molar-refractivity contribution < 1.29 is 17.9 Å². The van der Waals surface area contributed by atoms with Crippen molar-refractivity contribution in [3.05, 3.63) is 35.4 Å². The highest BCUT2D eigenvalue weighted by molar-refractivity contribution is 5.32. The van der Waals surface area contributed by atoms with E-state index in [1.54, 1.807) is 6.07 Å². The zero-order valence-corrected chi connectivity index (χ0v) is 11.3. The monoisotopic (exact) mass is 287 g/mol. The van der Waals surface area contributed by atoms with E-state index in [0.717, 1.165) is 38.4 Å². The van der Waals surface area contributed by atoms with Crippen molar-refractivity contribution in [2.45, 2.75) is 50.4 Å². The fourth-order valence-corrected chi connectivity index (χ4v) is 2.67. The molecular weight excluding hydrogens is 267 g/mol. The molecule has 2 rings (SSSR count). The van der Waals surface area contributed by atoms with Crippen LogP contribution in [0.15, 0.2) is 24.3 Å². The molecule has 0 saturated carbocycles. The van der Waals surface area contributed by atoms with Crippen LogP contribution in [0.2, 0.25) is 0 Å². The van der Waals surface area contributed by atoms with E-state index in [9.17, 15) is 13.2 Å². The van der Waals surface area contributed by atoms with Gasteiger partial charge in [0, 0.05) is 12.6 Å². The molecule has 1 aromatic carbocycles. The topological polar surface area (TPSA) is 35.2 Å². The number of rotatable bonds is 5. The molecule has 0 radical (unpaired) electrons. The molecule has 0 bridgehead atoms. The van der Waals surface area contributed by atoms with E-state index in [4.69, 9.17) is 10.5 Å². The van der Waals surface area contributed by atoms with Gasteiger partial charge < -0.3 is 10.5 Å². The number of benzene rings is 1. The van der Waals surface area contributed by atoms with E-state index >= 15 is 0 Å². The third-order valence-corrected chi connectivity index (χ3v) is 3.73. The molecule has 20 heavy (non-hydrogen) atoms. The molecule has 112 valence electrons. The lowest BCUT2D eigenvalue weighted by Crippen LogP contribution is -2.18. The third-order valence-electron chi connectivity index (χ3n) is 3.73. The minimum absolute atomic E-state index is 0.187. The summed E-state index contributed by atoms with van der Waals surface area (Å²) in [5.74, 6) is 0. The summed E-state index contributed by atoms with van der Waals surface area (Å²) in [7, 11) is 0. The molecule has 1 heterocycles. The first-order chi connectivity index (χ1) is 9.48. The predicted molar refractivity (Wildman–Crippen MR) is 71.2 cm³/mol. The van der Waals surface area contributed by atoms with Gasteiger partial charge in [-0.1, -0.05) is 18.2 Å². The Kier molecular flexibility index (Phi) is 5.05. The molecule has 1 fully saturated rings. The van der Waals surface area contributed by atoms with Gasteiger partial charge in [0.15, 0.2) is 0 Å². The van der Waals surface area contributed by atoms with E-state index in [0.29, 0.717) is 6.42 Å². The summed E-state index contributed by atoms with van der Waals surface area (Å²) in [4.78, 5) is 0. The Labute approximate surface area is 117 Å². The Morgan fingerprint density at radius 1 is 1.30 bits per heavy atom. The van der Waals surface area contributed by atoms with Crippen molar-refractivity contribution in [3.8, 4) is 0 Å². The van der Waals surface area contributed by atoms with Crippen molar-refractivity contribution in [3.63, 3.8) is 0 Å². The zero-order valence-electron chi connectivity index (χ0n) is 11.3. The average molecular weight is 287 g/mol. The fourth-order valence-electron chi connectivity index (χ4n) is 2.67. The van der Waals surface area contributed by atoms with Crippen LogP contribution in [0.3, 0.4) is 0 Å². The van der Waals surface area contributed by atoms with Crippen LogP contribution in [0.5, 0.6) is 0 Å². The van der Waals surface area contributed by atoms with Crippen LogP contribution in [0, 0.1) is 0 Å². The lowest BCUT2D eigenvalue weighted by Gasteiger charge is -2.18. The summed E-state index contributed by atoms with van der Waals surface area (Å²) in [5, 5.41) is 0. The molecule has 0 spiro atoms. The highest BCUT2D eigenvalue weighted by Crippen LogP contribution is 2.35. The van der Waals surface area contributed by atoms with E-state index in [1.165, 1.54) is 12.1 Å². The summed E-state index contributed by atoms with van der Waals surface area (Å²) in [6.45, 7) is 0.799. The predicted octanol–water partition coefficient (Wildman–Crippen LogP) is 4.05. The highest BCUT2D eigenvalue weighted by atomic mass is 19.4. The van der Waals surface area contributed by atoms with E-state index in [-0.39, 0.29) is 11.7 Å². The Bertz CT molecular complexity index is 427. The average Bonchev–Trinajstić information content (AvgIpc) is 2.91.